The molecule has 2 atom stereocenters. The lowest BCUT2D eigenvalue weighted by molar-refractivity contribution is -0.121. The van der Waals surface area contributed by atoms with Crippen LogP contribution in [0, 0.1) is 5.92 Å². The van der Waals surface area contributed by atoms with Gasteiger partial charge in [0.25, 0.3) is 0 Å². The maximum Gasteiger partial charge on any atom is 0.149 e. The van der Waals surface area contributed by atoms with Crippen molar-refractivity contribution in [2.75, 3.05) is 0 Å². The normalized spacial score (nSPS) is 37.9. The van der Waals surface area contributed by atoms with Crippen molar-refractivity contribution in [3.05, 3.63) is 0 Å². The van der Waals surface area contributed by atoms with Crippen LogP contribution in [0.2, 0.25) is 0 Å². The number of ether oxygens (including phenoxy) is 1. The van der Waals surface area contributed by atoms with Crippen molar-refractivity contribution in [3.8, 4) is 0 Å². The van der Waals surface area contributed by atoms with Crippen LogP contribution in [0.5, 0.6) is 0 Å². The summed E-state index contributed by atoms with van der Waals surface area (Å²) in [7, 11) is 0. The van der Waals surface area contributed by atoms with Crippen molar-refractivity contribution >= 4 is 6.29 Å². The summed E-state index contributed by atoms with van der Waals surface area (Å²) in [6, 6.07) is 0. The summed E-state index contributed by atoms with van der Waals surface area (Å²) in [5, 5.41) is 0. The molecule has 0 aromatic heterocycles. The molecule has 58 valence electrons. The fourth-order valence-electron chi connectivity index (χ4n) is 1.59. The Bertz CT molecular complexity index is 140. The lowest BCUT2D eigenvalue weighted by Crippen LogP contribution is -2.20. The molecule has 1 saturated heterocycles. The third-order valence-corrected chi connectivity index (χ3v) is 1.96. The average molecular weight is 142 g/mol. The molecule has 1 aliphatic heterocycles. The van der Waals surface area contributed by atoms with Crippen molar-refractivity contribution in [2.24, 2.45) is 5.92 Å². The predicted octanol–water partition coefficient (Wildman–Crippen LogP) is 1.39. The summed E-state index contributed by atoms with van der Waals surface area (Å²) in [6.45, 7) is 6.09. The van der Waals surface area contributed by atoms with Gasteiger partial charge >= 0.3 is 0 Å². The molecule has 2 nitrogen and oxygen atoms in total. The highest BCUT2D eigenvalue weighted by molar-refractivity contribution is 5.57. The lowest BCUT2D eigenvalue weighted by atomic mass is 9.97. The highest BCUT2D eigenvalue weighted by Crippen LogP contribution is 2.32. The molecule has 0 spiro atoms. The summed E-state index contributed by atoms with van der Waals surface area (Å²) in [6.07, 6.45) is 1.71. The minimum atomic E-state index is -0.171. The molecule has 0 bridgehead atoms. The van der Waals surface area contributed by atoms with Gasteiger partial charge < -0.3 is 9.53 Å². The fraction of sp³-hybridized carbons (Fsp3) is 0.875. The highest BCUT2D eigenvalue weighted by Gasteiger charge is 2.37. The maximum atomic E-state index is 10.4. The third-order valence-electron chi connectivity index (χ3n) is 1.96. The van der Waals surface area contributed by atoms with Gasteiger partial charge in [-0.05, 0) is 26.2 Å². The smallest absolute Gasteiger partial charge is 0.149 e. The Balaban J connectivity index is 2.60. The summed E-state index contributed by atoms with van der Waals surface area (Å²) in [5.41, 5.74) is -0.0923. The minimum Gasteiger partial charge on any atom is -0.365 e. The van der Waals surface area contributed by atoms with Gasteiger partial charge in [-0.3, -0.25) is 0 Å². The Morgan fingerprint density at radius 1 is 1.60 bits per heavy atom. The first-order valence-electron chi connectivity index (χ1n) is 3.68. The van der Waals surface area contributed by atoms with Crippen LogP contribution in [0.15, 0.2) is 0 Å². The van der Waals surface area contributed by atoms with Gasteiger partial charge in [-0.2, -0.15) is 0 Å². The van der Waals surface area contributed by atoms with E-state index in [1.807, 2.05) is 20.8 Å². The number of rotatable bonds is 1. The van der Waals surface area contributed by atoms with Crippen LogP contribution < -0.4 is 0 Å². The molecule has 0 aliphatic carbocycles. The van der Waals surface area contributed by atoms with E-state index in [4.69, 9.17) is 4.74 Å². The zero-order valence-corrected chi connectivity index (χ0v) is 6.76. The molecule has 10 heavy (non-hydrogen) atoms. The quantitative estimate of drug-likeness (QED) is 0.517. The van der Waals surface area contributed by atoms with E-state index < -0.39 is 0 Å². The third kappa shape index (κ3) is 1.37. The minimum absolute atomic E-state index is 0.0923. The number of carbonyl (C=O) groups excluding carboxylic acids is 1. The Morgan fingerprint density at radius 2 is 2.20 bits per heavy atom. The maximum absolute atomic E-state index is 10.4. The standard InChI is InChI=1S/C8H14O2/c1-6-4-8(2,3)10-7(6)5-9/h5-7H,4H2,1-3H3. The first kappa shape index (κ1) is 7.73. The van der Waals surface area contributed by atoms with Gasteiger partial charge in [0.2, 0.25) is 0 Å². The molecule has 0 N–H and O–H groups in total. The molecule has 1 heterocycles. The van der Waals surface area contributed by atoms with Gasteiger partial charge in [0.05, 0.1) is 5.60 Å². The van der Waals surface area contributed by atoms with E-state index in [-0.39, 0.29) is 11.7 Å². The van der Waals surface area contributed by atoms with E-state index in [2.05, 4.69) is 0 Å². The van der Waals surface area contributed by atoms with Crippen molar-refractivity contribution < 1.29 is 9.53 Å². The summed E-state index contributed by atoms with van der Waals surface area (Å²) in [5.74, 6) is 0.382. The number of hydrogen-bond acceptors (Lipinski definition) is 2. The Labute approximate surface area is 61.6 Å². The molecule has 0 saturated carbocycles. The summed E-state index contributed by atoms with van der Waals surface area (Å²) >= 11 is 0. The van der Waals surface area contributed by atoms with E-state index in [0.717, 1.165) is 12.7 Å². The van der Waals surface area contributed by atoms with Crippen LogP contribution >= 0.6 is 0 Å². The molecule has 2 unspecified atom stereocenters. The van der Waals surface area contributed by atoms with E-state index in [9.17, 15) is 4.79 Å². The molecule has 1 rings (SSSR count). The number of carbonyl (C=O) groups is 1. The lowest BCUT2D eigenvalue weighted by Gasteiger charge is -2.16. The highest BCUT2D eigenvalue weighted by atomic mass is 16.5. The zero-order chi connectivity index (χ0) is 7.78. The molecule has 0 aromatic carbocycles. The van der Waals surface area contributed by atoms with E-state index in [0.29, 0.717) is 5.92 Å². The van der Waals surface area contributed by atoms with Crippen molar-refractivity contribution in [1.82, 2.24) is 0 Å². The zero-order valence-electron chi connectivity index (χ0n) is 6.76. The van der Waals surface area contributed by atoms with Crippen molar-refractivity contribution in [1.29, 1.82) is 0 Å². The fourth-order valence-corrected chi connectivity index (χ4v) is 1.59. The molecule has 0 aromatic rings. The summed E-state index contributed by atoms with van der Waals surface area (Å²) in [4.78, 5) is 10.4. The van der Waals surface area contributed by atoms with Gasteiger partial charge in [-0.15, -0.1) is 0 Å². The van der Waals surface area contributed by atoms with Crippen LogP contribution in [-0.2, 0) is 9.53 Å². The van der Waals surface area contributed by atoms with E-state index >= 15 is 0 Å². The van der Waals surface area contributed by atoms with Gasteiger partial charge in [0, 0.05) is 0 Å². The molecule has 1 aliphatic rings. The van der Waals surface area contributed by atoms with Crippen LogP contribution in [0.1, 0.15) is 27.2 Å². The van der Waals surface area contributed by atoms with Crippen LogP contribution in [0.25, 0.3) is 0 Å². The second kappa shape index (κ2) is 2.35. The van der Waals surface area contributed by atoms with Crippen LogP contribution in [0.4, 0.5) is 0 Å². The second-order valence-electron chi connectivity index (χ2n) is 3.66. The van der Waals surface area contributed by atoms with Crippen molar-refractivity contribution in [2.45, 2.75) is 38.9 Å². The molecule has 2 heteroatoms. The van der Waals surface area contributed by atoms with Gasteiger partial charge in [0.1, 0.15) is 12.4 Å². The van der Waals surface area contributed by atoms with Crippen LogP contribution in [-0.4, -0.2) is 18.0 Å². The van der Waals surface area contributed by atoms with Crippen LogP contribution in [0.3, 0.4) is 0 Å². The molecular weight excluding hydrogens is 128 g/mol. The largest absolute Gasteiger partial charge is 0.365 e. The molecular formula is C8H14O2. The number of aldehydes is 1. The SMILES string of the molecule is CC1CC(C)(C)OC1C=O. The monoisotopic (exact) mass is 142 g/mol. The Kier molecular flexibility index (Phi) is 1.82. The number of hydrogen-bond donors (Lipinski definition) is 0. The van der Waals surface area contributed by atoms with Gasteiger partial charge in [0.15, 0.2) is 0 Å². The second-order valence-corrected chi connectivity index (χ2v) is 3.66. The average Bonchev–Trinajstić information content (AvgIpc) is 2.05. The van der Waals surface area contributed by atoms with Crippen molar-refractivity contribution in [3.63, 3.8) is 0 Å². The first-order chi connectivity index (χ1) is 4.55. The molecule has 0 amide bonds. The Hall–Kier alpha value is -0.370. The summed E-state index contributed by atoms with van der Waals surface area (Å²) < 4.78 is 5.44. The topological polar surface area (TPSA) is 26.3 Å². The molecule has 1 fully saturated rings. The van der Waals surface area contributed by atoms with E-state index in [1.165, 1.54) is 0 Å². The molecule has 0 radical (unpaired) electrons. The van der Waals surface area contributed by atoms with E-state index in [1.54, 1.807) is 0 Å². The first-order valence-corrected chi connectivity index (χ1v) is 3.68. The Morgan fingerprint density at radius 3 is 2.40 bits per heavy atom. The van der Waals surface area contributed by atoms with Gasteiger partial charge in [-0.1, -0.05) is 6.92 Å². The van der Waals surface area contributed by atoms with Gasteiger partial charge in [-0.25, -0.2) is 0 Å². The predicted molar refractivity (Wildman–Crippen MR) is 38.8 cm³/mol.